The summed E-state index contributed by atoms with van der Waals surface area (Å²) in [5, 5.41) is 1.40. The summed E-state index contributed by atoms with van der Waals surface area (Å²) in [6.07, 6.45) is 3.37. The lowest BCUT2D eigenvalue weighted by molar-refractivity contribution is 0.733. The summed E-state index contributed by atoms with van der Waals surface area (Å²) < 4.78 is 2.45. The molecule has 0 radical (unpaired) electrons. The molecule has 0 amide bonds. The number of nitrogens with zero attached hydrogens (tertiary/aromatic N) is 1. The van der Waals surface area contributed by atoms with Crippen LogP contribution in [-0.2, 0) is 13.0 Å². The maximum Gasteiger partial charge on any atom is 0.0488 e. The molecular formula is C20H24N2. The molecule has 2 aromatic carbocycles. The largest absolute Gasteiger partial charge is 0.340 e. The van der Waals surface area contributed by atoms with Crippen molar-refractivity contribution in [3.63, 3.8) is 0 Å². The summed E-state index contributed by atoms with van der Waals surface area (Å²) in [5.41, 5.74) is 11.2. The van der Waals surface area contributed by atoms with Gasteiger partial charge in [0.25, 0.3) is 0 Å². The van der Waals surface area contributed by atoms with Gasteiger partial charge in [-0.1, -0.05) is 48.5 Å². The van der Waals surface area contributed by atoms with E-state index in [0.717, 1.165) is 32.4 Å². The van der Waals surface area contributed by atoms with E-state index in [1.807, 2.05) is 0 Å². The first-order valence-corrected chi connectivity index (χ1v) is 8.12. The van der Waals surface area contributed by atoms with E-state index in [9.17, 15) is 0 Å². The van der Waals surface area contributed by atoms with Gasteiger partial charge in [0.2, 0.25) is 0 Å². The van der Waals surface area contributed by atoms with Crippen molar-refractivity contribution in [1.29, 1.82) is 0 Å². The van der Waals surface area contributed by atoms with Crippen LogP contribution in [0.5, 0.6) is 0 Å². The second-order valence-corrected chi connectivity index (χ2v) is 5.90. The molecular weight excluding hydrogens is 268 g/mol. The predicted octanol–water partition coefficient (Wildman–Crippen LogP) is 4.28. The molecule has 1 aromatic heterocycles. The third kappa shape index (κ3) is 2.93. The highest BCUT2D eigenvalue weighted by Gasteiger charge is 2.13. The fourth-order valence-electron chi connectivity index (χ4n) is 3.23. The Labute approximate surface area is 132 Å². The number of aromatic nitrogens is 1. The molecule has 0 aliphatic rings. The lowest BCUT2D eigenvalue weighted by atomic mass is 10.0. The number of fused-ring (bicyclic) bond motifs is 1. The molecule has 0 aliphatic carbocycles. The molecule has 2 heteroatoms. The number of aryl methyl sites for hydroxylation is 1. The van der Waals surface area contributed by atoms with Gasteiger partial charge in [-0.3, -0.25) is 0 Å². The molecule has 0 bridgehead atoms. The number of rotatable bonds is 6. The van der Waals surface area contributed by atoms with Crippen molar-refractivity contribution in [1.82, 2.24) is 4.57 Å². The summed E-state index contributed by atoms with van der Waals surface area (Å²) in [6.45, 7) is 3.96. The first-order chi connectivity index (χ1) is 10.8. The highest BCUT2D eigenvalue weighted by atomic mass is 15.0. The quantitative estimate of drug-likeness (QED) is 0.675. The number of nitrogens with two attached hydrogens (primary N) is 1. The number of hydrogen-bond acceptors (Lipinski definition) is 1. The van der Waals surface area contributed by atoms with Gasteiger partial charge in [0.05, 0.1) is 0 Å². The molecule has 3 aromatic rings. The van der Waals surface area contributed by atoms with Gasteiger partial charge in [-0.15, -0.1) is 0 Å². The molecule has 0 saturated carbocycles. The Kier molecular flexibility index (Phi) is 4.59. The Morgan fingerprint density at radius 1 is 0.909 bits per heavy atom. The average Bonchev–Trinajstić information content (AvgIpc) is 2.82. The summed E-state index contributed by atoms with van der Waals surface area (Å²) in [7, 11) is 0. The van der Waals surface area contributed by atoms with Crippen LogP contribution in [0, 0.1) is 6.92 Å². The van der Waals surface area contributed by atoms with E-state index >= 15 is 0 Å². The van der Waals surface area contributed by atoms with Crippen LogP contribution in [0.1, 0.15) is 29.7 Å². The predicted molar refractivity (Wildman–Crippen MR) is 94.2 cm³/mol. The van der Waals surface area contributed by atoms with E-state index in [-0.39, 0.29) is 0 Å². The maximum absolute atomic E-state index is 5.65. The monoisotopic (exact) mass is 292 g/mol. The topological polar surface area (TPSA) is 30.9 Å². The third-order valence-corrected chi connectivity index (χ3v) is 4.43. The Hall–Kier alpha value is -2.06. The highest BCUT2D eigenvalue weighted by molar-refractivity contribution is 5.85. The van der Waals surface area contributed by atoms with E-state index in [4.69, 9.17) is 5.73 Å². The van der Waals surface area contributed by atoms with Crippen LogP contribution in [0.15, 0.2) is 54.6 Å². The second kappa shape index (κ2) is 6.80. The van der Waals surface area contributed by atoms with E-state index in [0.29, 0.717) is 0 Å². The zero-order valence-electron chi connectivity index (χ0n) is 13.3. The first-order valence-electron chi connectivity index (χ1n) is 8.12. The minimum atomic E-state index is 0.779. The number of benzene rings is 2. The van der Waals surface area contributed by atoms with Gasteiger partial charge >= 0.3 is 0 Å². The molecule has 22 heavy (non-hydrogen) atoms. The summed E-state index contributed by atoms with van der Waals surface area (Å²) in [5.74, 6) is 0. The van der Waals surface area contributed by atoms with E-state index in [1.165, 1.54) is 27.7 Å². The van der Waals surface area contributed by atoms with Crippen LogP contribution in [0.2, 0.25) is 0 Å². The van der Waals surface area contributed by atoms with Crippen molar-refractivity contribution < 1.29 is 0 Å². The standard InChI is InChI=1S/C20H24N2/c1-16-18(11-7-8-14-21)19-12-5-6-13-20(19)22(16)15-17-9-3-2-4-10-17/h2-6,9-10,12-13H,7-8,11,14-15,21H2,1H3. The van der Waals surface area contributed by atoms with Crippen LogP contribution in [-0.4, -0.2) is 11.1 Å². The smallest absolute Gasteiger partial charge is 0.0488 e. The fourth-order valence-corrected chi connectivity index (χ4v) is 3.23. The molecule has 0 fully saturated rings. The Balaban J connectivity index is 2.00. The summed E-state index contributed by atoms with van der Waals surface area (Å²) in [6, 6.07) is 19.4. The molecule has 0 unspecified atom stereocenters. The molecule has 0 saturated heterocycles. The zero-order chi connectivity index (χ0) is 15.4. The molecule has 2 N–H and O–H groups in total. The van der Waals surface area contributed by atoms with Crippen LogP contribution >= 0.6 is 0 Å². The number of para-hydroxylation sites is 1. The van der Waals surface area contributed by atoms with Crippen molar-refractivity contribution in [2.45, 2.75) is 32.7 Å². The Morgan fingerprint density at radius 2 is 1.64 bits per heavy atom. The molecule has 2 nitrogen and oxygen atoms in total. The van der Waals surface area contributed by atoms with Crippen molar-refractivity contribution in [2.75, 3.05) is 6.54 Å². The fraction of sp³-hybridized carbons (Fsp3) is 0.300. The second-order valence-electron chi connectivity index (χ2n) is 5.90. The molecule has 3 rings (SSSR count). The van der Waals surface area contributed by atoms with Gasteiger partial charge in [0, 0.05) is 23.1 Å². The van der Waals surface area contributed by atoms with Crippen LogP contribution in [0.3, 0.4) is 0 Å². The SMILES string of the molecule is Cc1c(CCCCN)c2ccccc2n1Cc1ccccc1. The van der Waals surface area contributed by atoms with Gasteiger partial charge in [0.1, 0.15) is 0 Å². The van der Waals surface area contributed by atoms with Crippen molar-refractivity contribution in [3.05, 3.63) is 71.4 Å². The average molecular weight is 292 g/mol. The Morgan fingerprint density at radius 3 is 2.41 bits per heavy atom. The highest BCUT2D eigenvalue weighted by Crippen LogP contribution is 2.28. The maximum atomic E-state index is 5.65. The Bertz CT molecular complexity index is 741. The molecule has 0 spiro atoms. The minimum absolute atomic E-state index is 0.779. The lowest BCUT2D eigenvalue weighted by Gasteiger charge is -2.09. The third-order valence-electron chi connectivity index (χ3n) is 4.43. The van der Waals surface area contributed by atoms with Gasteiger partial charge < -0.3 is 10.3 Å². The molecule has 0 atom stereocenters. The van der Waals surface area contributed by atoms with Crippen LogP contribution in [0.4, 0.5) is 0 Å². The molecule has 0 aliphatic heterocycles. The first kappa shape index (κ1) is 14.9. The van der Waals surface area contributed by atoms with E-state index in [1.54, 1.807) is 0 Å². The van der Waals surface area contributed by atoms with Crippen LogP contribution in [0.25, 0.3) is 10.9 Å². The van der Waals surface area contributed by atoms with Gasteiger partial charge in [-0.25, -0.2) is 0 Å². The van der Waals surface area contributed by atoms with Crippen molar-refractivity contribution in [2.24, 2.45) is 5.73 Å². The molecule has 1 heterocycles. The van der Waals surface area contributed by atoms with Gasteiger partial charge in [-0.2, -0.15) is 0 Å². The van der Waals surface area contributed by atoms with Gasteiger partial charge in [0.15, 0.2) is 0 Å². The van der Waals surface area contributed by atoms with Crippen LogP contribution < -0.4 is 5.73 Å². The molecule has 114 valence electrons. The van der Waals surface area contributed by atoms with Crippen molar-refractivity contribution >= 4 is 10.9 Å². The number of hydrogen-bond donors (Lipinski definition) is 1. The van der Waals surface area contributed by atoms with E-state index < -0.39 is 0 Å². The minimum Gasteiger partial charge on any atom is -0.340 e. The van der Waals surface area contributed by atoms with E-state index in [2.05, 4.69) is 66.1 Å². The van der Waals surface area contributed by atoms with Crippen molar-refractivity contribution in [3.8, 4) is 0 Å². The zero-order valence-corrected chi connectivity index (χ0v) is 13.3. The number of unbranched alkanes of at least 4 members (excludes halogenated alkanes) is 1. The summed E-state index contributed by atoms with van der Waals surface area (Å²) in [4.78, 5) is 0. The summed E-state index contributed by atoms with van der Waals surface area (Å²) >= 11 is 0. The lowest BCUT2D eigenvalue weighted by Crippen LogP contribution is -2.03. The normalized spacial score (nSPS) is 11.2. The van der Waals surface area contributed by atoms with Gasteiger partial charge in [-0.05, 0) is 49.9 Å².